The second kappa shape index (κ2) is 7.07. The van der Waals surface area contributed by atoms with E-state index in [0.717, 1.165) is 37.1 Å². The third kappa shape index (κ3) is 3.39. The van der Waals surface area contributed by atoms with Gasteiger partial charge in [0.15, 0.2) is 0 Å². The van der Waals surface area contributed by atoms with Gasteiger partial charge in [0.25, 0.3) is 0 Å². The molecule has 0 saturated carbocycles. The highest BCUT2D eigenvalue weighted by Gasteiger charge is 2.28. The molecule has 0 aromatic carbocycles. The van der Waals surface area contributed by atoms with Crippen molar-refractivity contribution in [1.29, 1.82) is 0 Å². The van der Waals surface area contributed by atoms with Gasteiger partial charge in [-0.15, -0.1) is 11.3 Å². The van der Waals surface area contributed by atoms with E-state index in [1.165, 1.54) is 0 Å². The van der Waals surface area contributed by atoms with Crippen LogP contribution in [0.2, 0.25) is 0 Å². The van der Waals surface area contributed by atoms with Crippen molar-refractivity contribution >= 4 is 17.2 Å². The molecule has 1 N–H and O–H groups in total. The van der Waals surface area contributed by atoms with Crippen LogP contribution >= 0.6 is 11.3 Å². The molecule has 1 atom stereocenters. The molecule has 6 heteroatoms. The van der Waals surface area contributed by atoms with Crippen LogP contribution in [0.25, 0.3) is 10.8 Å². The van der Waals surface area contributed by atoms with Crippen LogP contribution in [0.5, 0.6) is 0 Å². The van der Waals surface area contributed by atoms with E-state index in [9.17, 15) is 4.79 Å². The summed E-state index contributed by atoms with van der Waals surface area (Å²) in [4.78, 5) is 19.8. The van der Waals surface area contributed by atoms with Crippen LogP contribution in [-0.4, -0.2) is 40.1 Å². The van der Waals surface area contributed by atoms with Crippen LogP contribution in [0.15, 0.2) is 28.2 Å². The molecule has 1 unspecified atom stereocenters. The van der Waals surface area contributed by atoms with Crippen molar-refractivity contribution in [1.82, 2.24) is 9.88 Å². The largest absolute Gasteiger partial charge is 0.444 e. The number of carbonyl (C=O) groups is 1. The highest BCUT2D eigenvalue weighted by Crippen LogP contribution is 2.25. The molecule has 1 aliphatic rings. The zero-order chi connectivity index (χ0) is 15.4. The Morgan fingerprint density at radius 1 is 1.55 bits per heavy atom. The van der Waals surface area contributed by atoms with Crippen molar-refractivity contribution in [3.05, 3.63) is 29.5 Å². The number of hydrogen-bond acceptors (Lipinski definition) is 5. The first-order valence-corrected chi connectivity index (χ1v) is 8.54. The minimum Gasteiger partial charge on any atom is -0.444 e. The van der Waals surface area contributed by atoms with Crippen molar-refractivity contribution in [3.8, 4) is 10.8 Å². The molecule has 2 aromatic heterocycles. The monoisotopic (exact) mass is 320 g/mol. The summed E-state index contributed by atoms with van der Waals surface area (Å²) in [6.07, 6.45) is 5.56. The van der Waals surface area contributed by atoms with Crippen molar-refractivity contribution < 1.29 is 14.3 Å². The molecule has 0 aliphatic carbocycles. The lowest BCUT2D eigenvalue weighted by atomic mass is 10.1. The number of carbonyl (C=O) groups excluding carboxylic acids is 1. The zero-order valence-electron chi connectivity index (χ0n) is 12.4. The predicted octanol–water partition coefficient (Wildman–Crippen LogP) is 2.71. The van der Waals surface area contributed by atoms with Gasteiger partial charge in [-0.3, -0.25) is 4.79 Å². The van der Waals surface area contributed by atoms with Crippen LogP contribution < -0.4 is 0 Å². The average molecular weight is 320 g/mol. The summed E-state index contributed by atoms with van der Waals surface area (Å²) in [5.41, 5.74) is 0.682. The maximum absolute atomic E-state index is 12.5. The van der Waals surface area contributed by atoms with E-state index in [4.69, 9.17) is 9.52 Å². The molecule has 0 spiro atoms. The topological polar surface area (TPSA) is 66.6 Å². The number of nitrogens with zero attached hydrogens (tertiary/aromatic N) is 2. The van der Waals surface area contributed by atoms with Gasteiger partial charge in [-0.25, -0.2) is 4.98 Å². The molecule has 1 fully saturated rings. The van der Waals surface area contributed by atoms with Gasteiger partial charge in [0, 0.05) is 19.2 Å². The summed E-state index contributed by atoms with van der Waals surface area (Å²) in [5, 5.41) is 10.9. The van der Waals surface area contributed by atoms with E-state index < -0.39 is 0 Å². The van der Waals surface area contributed by atoms with Gasteiger partial charge in [-0.05, 0) is 37.1 Å². The van der Waals surface area contributed by atoms with Crippen molar-refractivity contribution in [3.63, 3.8) is 0 Å². The van der Waals surface area contributed by atoms with Gasteiger partial charge in [-0.1, -0.05) is 6.07 Å². The SMILES string of the molecule is O=C(Cc1coc(-c2cccs2)n1)N1CCCC1CCCO. The number of amides is 1. The lowest BCUT2D eigenvalue weighted by Crippen LogP contribution is -2.36. The van der Waals surface area contributed by atoms with E-state index in [0.29, 0.717) is 11.6 Å². The molecule has 1 saturated heterocycles. The first-order chi connectivity index (χ1) is 10.8. The quantitative estimate of drug-likeness (QED) is 0.888. The number of hydrogen-bond donors (Lipinski definition) is 1. The number of aliphatic hydroxyl groups excluding tert-OH is 1. The molecular weight excluding hydrogens is 300 g/mol. The molecule has 2 aromatic rings. The van der Waals surface area contributed by atoms with E-state index in [-0.39, 0.29) is 25.0 Å². The lowest BCUT2D eigenvalue weighted by molar-refractivity contribution is -0.131. The molecular formula is C16H20N2O3S. The highest BCUT2D eigenvalue weighted by molar-refractivity contribution is 7.13. The smallest absolute Gasteiger partial charge is 0.236 e. The summed E-state index contributed by atoms with van der Waals surface area (Å²) in [6.45, 7) is 0.997. The lowest BCUT2D eigenvalue weighted by Gasteiger charge is -2.24. The summed E-state index contributed by atoms with van der Waals surface area (Å²) in [7, 11) is 0. The minimum atomic E-state index is 0.103. The maximum Gasteiger partial charge on any atom is 0.236 e. The summed E-state index contributed by atoms with van der Waals surface area (Å²) in [6, 6.07) is 4.17. The number of aromatic nitrogens is 1. The Labute approximate surface area is 133 Å². The van der Waals surface area contributed by atoms with E-state index in [2.05, 4.69) is 4.98 Å². The Morgan fingerprint density at radius 2 is 2.45 bits per heavy atom. The molecule has 1 amide bonds. The predicted molar refractivity (Wildman–Crippen MR) is 84.6 cm³/mol. The summed E-state index contributed by atoms with van der Waals surface area (Å²) >= 11 is 1.57. The van der Waals surface area contributed by atoms with Gasteiger partial charge >= 0.3 is 0 Å². The van der Waals surface area contributed by atoms with Crippen LogP contribution in [0.1, 0.15) is 31.4 Å². The van der Waals surface area contributed by atoms with E-state index >= 15 is 0 Å². The third-order valence-electron chi connectivity index (χ3n) is 4.01. The Kier molecular flexibility index (Phi) is 4.90. The number of rotatable bonds is 6. The van der Waals surface area contributed by atoms with Crippen LogP contribution in [0.3, 0.4) is 0 Å². The fourth-order valence-electron chi connectivity index (χ4n) is 2.95. The Hall–Kier alpha value is -1.66. The number of oxazole rings is 1. The van der Waals surface area contributed by atoms with Crippen molar-refractivity contribution in [2.75, 3.05) is 13.2 Å². The molecule has 0 bridgehead atoms. The molecule has 3 heterocycles. The van der Waals surface area contributed by atoms with Crippen molar-refractivity contribution in [2.45, 2.75) is 38.1 Å². The minimum absolute atomic E-state index is 0.103. The number of likely N-dealkylation sites (tertiary alicyclic amines) is 1. The Morgan fingerprint density at radius 3 is 3.23 bits per heavy atom. The molecule has 5 nitrogen and oxygen atoms in total. The molecule has 22 heavy (non-hydrogen) atoms. The summed E-state index contributed by atoms with van der Waals surface area (Å²) < 4.78 is 5.46. The van der Waals surface area contributed by atoms with Crippen molar-refractivity contribution in [2.24, 2.45) is 0 Å². The van der Waals surface area contributed by atoms with Gasteiger partial charge in [-0.2, -0.15) is 0 Å². The van der Waals surface area contributed by atoms with Crippen LogP contribution in [0, 0.1) is 0 Å². The number of thiophene rings is 1. The average Bonchev–Trinajstić information content (AvgIpc) is 3.25. The second-order valence-corrected chi connectivity index (χ2v) is 6.49. The van der Waals surface area contributed by atoms with Crippen LogP contribution in [0.4, 0.5) is 0 Å². The molecule has 1 aliphatic heterocycles. The highest BCUT2D eigenvalue weighted by atomic mass is 32.1. The Balaban J connectivity index is 1.61. The Bertz CT molecular complexity index is 609. The van der Waals surface area contributed by atoms with E-state index in [1.54, 1.807) is 17.6 Å². The first-order valence-electron chi connectivity index (χ1n) is 7.66. The van der Waals surface area contributed by atoms with Gasteiger partial charge in [0.2, 0.25) is 11.8 Å². The zero-order valence-corrected chi connectivity index (χ0v) is 13.2. The van der Waals surface area contributed by atoms with Gasteiger partial charge < -0.3 is 14.4 Å². The van der Waals surface area contributed by atoms with Gasteiger partial charge in [0.05, 0.1) is 17.0 Å². The third-order valence-corrected chi connectivity index (χ3v) is 4.87. The summed E-state index contributed by atoms with van der Waals surface area (Å²) in [5.74, 6) is 0.683. The maximum atomic E-state index is 12.5. The first kappa shape index (κ1) is 15.2. The molecule has 0 radical (unpaired) electrons. The van der Waals surface area contributed by atoms with Gasteiger partial charge in [0.1, 0.15) is 6.26 Å². The fraction of sp³-hybridized carbons (Fsp3) is 0.500. The normalized spacial score (nSPS) is 18.0. The molecule has 3 rings (SSSR count). The fourth-order valence-corrected chi connectivity index (χ4v) is 3.60. The van der Waals surface area contributed by atoms with E-state index in [1.807, 2.05) is 22.4 Å². The van der Waals surface area contributed by atoms with Crippen LogP contribution in [-0.2, 0) is 11.2 Å². The standard InChI is InChI=1S/C16H20N2O3S/c19-8-2-5-13-4-1-7-18(13)15(20)10-12-11-21-16(17-12)14-6-3-9-22-14/h3,6,9,11,13,19H,1-2,4-5,7-8,10H2. The molecule has 118 valence electrons. The number of aliphatic hydroxyl groups is 1. The second-order valence-electron chi connectivity index (χ2n) is 5.55.